The molecule has 1 aromatic heterocycles. The molecule has 0 amide bonds. The van der Waals surface area contributed by atoms with E-state index in [0.717, 1.165) is 29.7 Å². The van der Waals surface area contributed by atoms with Gasteiger partial charge in [-0.05, 0) is 24.6 Å². The predicted octanol–water partition coefficient (Wildman–Crippen LogP) is 1.16. The summed E-state index contributed by atoms with van der Waals surface area (Å²) in [4.78, 5) is 14.5. The van der Waals surface area contributed by atoms with Crippen LogP contribution in [0.3, 0.4) is 0 Å². The summed E-state index contributed by atoms with van der Waals surface area (Å²) in [5, 5.41) is 7.88. The molecule has 2 rings (SSSR count). The molecular weight excluding hydrogens is 202 g/mol. The molecule has 2 aromatic rings. The summed E-state index contributed by atoms with van der Waals surface area (Å²) in [5.41, 5.74) is -0.0509. The van der Waals surface area contributed by atoms with Crippen LogP contribution in [0.2, 0.25) is 0 Å². The van der Waals surface area contributed by atoms with E-state index in [1.54, 1.807) is 0 Å². The van der Waals surface area contributed by atoms with Gasteiger partial charge >= 0.3 is 0 Å². The first-order valence-corrected chi connectivity index (χ1v) is 5.32. The van der Waals surface area contributed by atoms with Crippen LogP contribution in [0.25, 0.3) is 10.8 Å². The summed E-state index contributed by atoms with van der Waals surface area (Å²) in [6.45, 7) is 1.64. The minimum Gasteiger partial charge on any atom is -0.370 e. The standard InChI is InChI=1S/C12H15N3O/c1-13-6-7-14-11-8-9-4-2-3-5-10(9)12(16)15-11/h2-5,8,13H,6-7H2,1H3,(H2,14,15,16). The Balaban J connectivity index is 2.31. The van der Waals surface area contributed by atoms with E-state index in [-0.39, 0.29) is 5.56 Å². The van der Waals surface area contributed by atoms with Crippen molar-refractivity contribution >= 4 is 16.6 Å². The second kappa shape index (κ2) is 4.81. The molecule has 0 bridgehead atoms. The van der Waals surface area contributed by atoms with Crippen LogP contribution in [0.15, 0.2) is 35.1 Å². The van der Waals surface area contributed by atoms with Gasteiger partial charge in [-0.1, -0.05) is 18.2 Å². The Morgan fingerprint density at radius 2 is 2.06 bits per heavy atom. The summed E-state index contributed by atoms with van der Waals surface area (Å²) < 4.78 is 0. The second-order valence-electron chi connectivity index (χ2n) is 3.63. The number of aromatic nitrogens is 1. The Bertz CT molecular complexity index is 533. The maximum Gasteiger partial charge on any atom is 0.257 e. The van der Waals surface area contributed by atoms with E-state index in [1.165, 1.54) is 0 Å². The molecule has 4 nitrogen and oxygen atoms in total. The molecule has 0 fully saturated rings. The zero-order chi connectivity index (χ0) is 11.4. The van der Waals surface area contributed by atoms with Crippen LogP contribution in [0.5, 0.6) is 0 Å². The van der Waals surface area contributed by atoms with Crippen molar-refractivity contribution < 1.29 is 0 Å². The third-order valence-electron chi connectivity index (χ3n) is 2.44. The normalized spacial score (nSPS) is 10.6. The van der Waals surface area contributed by atoms with Crippen molar-refractivity contribution in [2.24, 2.45) is 0 Å². The molecule has 0 saturated carbocycles. The number of fused-ring (bicyclic) bond motifs is 1. The number of pyridine rings is 1. The monoisotopic (exact) mass is 217 g/mol. The highest BCUT2D eigenvalue weighted by molar-refractivity contribution is 5.83. The molecule has 0 unspecified atom stereocenters. The second-order valence-corrected chi connectivity index (χ2v) is 3.63. The lowest BCUT2D eigenvalue weighted by Gasteiger charge is -2.06. The number of aromatic amines is 1. The molecule has 16 heavy (non-hydrogen) atoms. The Labute approximate surface area is 93.7 Å². The summed E-state index contributed by atoms with van der Waals surface area (Å²) in [5.74, 6) is 0.763. The quantitative estimate of drug-likeness (QED) is 0.674. The number of nitrogens with one attached hydrogen (secondary N) is 3. The van der Waals surface area contributed by atoms with Crippen LogP contribution in [0, 0.1) is 0 Å². The average Bonchev–Trinajstić information content (AvgIpc) is 2.30. The molecule has 3 N–H and O–H groups in total. The zero-order valence-corrected chi connectivity index (χ0v) is 9.21. The summed E-state index contributed by atoms with van der Waals surface area (Å²) >= 11 is 0. The molecule has 0 spiro atoms. The summed E-state index contributed by atoms with van der Waals surface area (Å²) in [6.07, 6.45) is 0. The van der Waals surface area contributed by atoms with Crippen molar-refractivity contribution in [2.45, 2.75) is 0 Å². The number of benzene rings is 1. The lowest BCUT2D eigenvalue weighted by molar-refractivity contribution is 0.821. The SMILES string of the molecule is CNCCNc1cc2ccccc2c(=O)[nH]1. The van der Waals surface area contributed by atoms with Crippen LogP contribution in [-0.2, 0) is 0 Å². The minimum absolute atomic E-state index is 0.0509. The Kier molecular flexibility index (Phi) is 3.22. The smallest absolute Gasteiger partial charge is 0.257 e. The number of anilines is 1. The van der Waals surface area contributed by atoms with Gasteiger partial charge in [-0.2, -0.15) is 0 Å². The van der Waals surface area contributed by atoms with Crippen LogP contribution < -0.4 is 16.2 Å². The first-order valence-electron chi connectivity index (χ1n) is 5.32. The highest BCUT2D eigenvalue weighted by atomic mass is 16.1. The van der Waals surface area contributed by atoms with Crippen molar-refractivity contribution in [3.63, 3.8) is 0 Å². The van der Waals surface area contributed by atoms with Crippen LogP contribution in [-0.4, -0.2) is 25.1 Å². The molecule has 1 aromatic carbocycles. The lowest BCUT2D eigenvalue weighted by atomic mass is 10.2. The highest BCUT2D eigenvalue weighted by Gasteiger charge is 1.99. The fourth-order valence-electron chi connectivity index (χ4n) is 1.63. The van der Waals surface area contributed by atoms with Crippen LogP contribution in [0.1, 0.15) is 0 Å². The van der Waals surface area contributed by atoms with E-state index >= 15 is 0 Å². The third kappa shape index (κ3) is 2.23. The van der Waals surface area contributed by atoms with Gasteiger partial charge in [0.05, 0.1) is 0 Å². The molecule has 0 aliphatic rings. The van der Waals surface area contributed by atoms with E-state index in [2.05, 4.69) is 15.6 Å². The number of H-pyrrole nitrogens is 1. The fourth-order valence-corrected chi connectivity index (χ4v) is 1.63. The van der Waals surface area contributed by atoms with Gasteiger partial charge in [0.1, 0.15) is 5.82 Å². The first-order chi connectivity index (χ1) is 7.81. The Hall–Kier alpha value is -1.81. The number of hydrogen-bond acceptors (Lipinski definition) is 3. The number of hydrogen-bond donors (Lipinski definition) is 3. The van der Waals surface area contributed by atoms with Gasteiger partial charge in [0, 0.05) is 18.5 Å². The predicted molar refractivity (Wildman–Crippen MR) is 67.0 cm³/mol. The van der Waals surface area contributed by atoms with Crippen LogP contribution >= 0.6 is 0 Å². The summed E-state index contributed by atoms with van der Waals surface area (Å²) in [7, 11) is 1.89. The molecule has 0 aliphatic heterocycles. The van der Waals surface area contributed by atoms with Gasteiger partial charge in [-0.3, -0.25) is 4.79 Å². The number of rotatable bonds is 4. The molecular formula is C12H15N3O. The van der Waals surface area contributed by atoms with Crippen molar-refractivity contribution in [2.75, 3.05) is 25.5 Å². The van der Waals surface area contributed by atoms with Gasteiger partial charge in [-0.25, -0.2) is 0 Å². The van der Waals surface area contributed by atoms with Crippen molar-refractivity contribution in [1.82, 2.24) is 10.3 Å². The van der Waals surface area contributed by atoms with Gasteiger partial charge in [0.15, 0.2) is 0 Å². The Morgan fingerprint density at radius 1 is 1.25 bits per heavy atom. The molecule has 0 saturated heterocycles. The van der Waals surface area contributed by atoms with Gasteiger partial charge in [0.2, 0.25) is 0 Å². The molecule has 1 heterocycles. The number of likely N-dealkylation sites (N-methyl/N-ethyl adjacent to an activating group) is 1. The zero-order valence-electron chi connectivity index (χ0n) is 9.21. The highest BCUT2D eigenvalue weighted by Crippen LogP contribution is 2.12. The third-order valence-corrected chi connectivity index (χ3v) is 2.44. The summed E-state index contributed by atoms with van der Waals surface area (Å²) in [6, 6.07) is 9.51. The van der Waals surface area contributed by atoms with E-state index in [4.69, 9.17) is 0 Å². The fraction of sp³-hybridized carbons (Fsp3) is 0.250. The lowest BCUT2D eigenvalue weighted by Crippen LogP contribution is -2.19. The van der Waals surface area contributed by atoms with Crippen molar-refractivity contribution in [1.29, 1.82) is 0 Å². The molecule has 0 aliphatic carbocycles. The van der Waals surface area contributed by atoms with Gasteiger partial charge in [0.25, 0.3) is 5.56 Å². The largest absolute Gasteiger partial charge is 0.370 e. The molecule has 0 radical (unpaired) electrons. The topological polar surface area (TPSA) is 56.9 Å². The molecule has 0 atom stereocenters. The van der Waals surface area contributed by atoms with E-state index in [9.17, 15) is 4.79 Å². The Morgan fingerprint density at radius 3 is 2.88 bits per heavy atom. The van der Waals surface area contributed by atoms with E-state index < -0.39 is 0 Å². The first kappa shape index (κ1) is 10.7. The molecule has 4 heteroatoms. The maximum absolute atomic E-state index is 11.7. The maximum atomic E-state index is 11.7. The van der Waals surface area contributed by atoms with Crippen LogP contribution in [0.4, 0.5) is 5.82 Å². The average molecular weight is 217 g/mol. The van der Waals surface area contributed by atoms with Crippen molar-refractivity contribution in [3.05, 3.63) is 40.7 Å². The van der Waals surface area contributed by atoms with E-state index in [0.29, 0.717) is 0 Å². The molecule has 84 valence electrons. The minimum atomic E-state index is -0.0509. The van der Waals surface area contributed by atoms with Gasteiger partial charge < -0.3 is 15.6 Å². The van der Waals surface area contributed by atoms with Crippen molar-refractivity contribution in [3.8, 4) is 0 Å². The van der Waals surface area contributed by atoms with Gasteiger partial charge in [-0.15, -0.1) is 0 Å². The van der Waals surface area contributed by atoms with E-state index in [1.807, 2.05) is 37.4 Å².